The van der Waals surface area contributed by atoms with Crippen LogP contribution >= 0.6 is 27.7 Å². The molecule has 0 radical (unpaired) electrons. The fourth-order valence-electron chi connectivity index (χ4n) is 2.00. The third-order valence-corrected chi connectivity index (χ3v) is 4.38. The van der Waals surface area contributed by atoms with Gasteiger partial charge in [-0.15, -0.1) is 11.8 Å². The predicted octanol–water partition coefficient (Wildman–Crippen LogP) is 5.73. The van der Waals surface area contributed by atoms with Gasteiger partial charge in [0.1, 0.15) is 0 Å². The first kappa shape index (κ1) is 14.5. The first-order chi connectivity index (χ1) is 9.22. The Balaban J connectivity index is 2.11. The summed E-state index contributed by atoms with van der Waals surface area (Å²) in [6, 6.07) is 17.5. The highest BCUT2D eigenvalue weighted by molar-refractivity contribution is 9.10. The average Bonchev–Trinajstić information content (AvgIpc) is 2.46. The van der Waals surface area contributed by atoms with Crippen molar-refractivity contribution in [2.75, 3.05) is 11.6 Å². The first-order valence-electron chi connectivity index (χ1n) is 6.39. The summed E-state index contributed by atoms with van der Waals surface area (Å²) < 4.78 is 1.12. The van der Waals surface area contributed by atoms with Crippen LogP contribution in [0.5, 0.6) is 0 Å². The molecule has 0 bridgehead atoms. The second kappa shape index (κ2) is 7.01. The molecular weight excluding hydrogens is 318 g/mol. The highest BCUT2D eigenvalue weighted by Crippen LogP contribution is 2.25. The summed E-state index contributed by atoms with van der Waals surface area (Å²) in [7, 11) is 0. The van der Waals surface area contributed by atoms with E-state index in [-0.39, 0.29) is 0 Å². The molecule has 2 rings (SSSR count). The Hall–Kier alpha value is -0.930. The summed E-state index contributed by atoms with van der Waals surface area (Å²) in [5.74, 6) is 0. The zero-order valence-electron chi connectivity index (χ0n) is 11.2. The summed E-state index contributed by atoms with van der Waals surface area (Å²) in [6.45, 7) is 2.20. The van der Waals surface area contributed by atoms with Crippen LogP contribution < -0.4 is 5.32 Å². The molecule has 3 heteroatoms. The van der Waals surface area contributed by atoms with Crippen LogP contribution in [0.1, 0.15) is 24.9 Å². The van der Waals surface area contributed by atoms with Crippen molar-refractivity contribution < 1.29 is 0 Å². The molecule has 1 unspecified atom stereocenters. The lowest BCUT2D eigenvalue weighted by atomic mass is 10.0. The largest absolute Gasteiger partial charge is 0.378 e. The minimum atomic E-state index is 0.355. The molecule has 0 spiro atoms. The van der Waals surface area contributed by atoms with Gasteiger partial charge in [0.2, 0.25) is 0 Å². The number of anilines is 1. The lowest BCUT2D eigenvalue weighted by molar-refractivity contribution is 0.749. The smallest absolute Gasteiger partial charge is 0.0511 e. The van der Waals surface area contributed by atoms with Crippen molar-refractivity contribution in [3.8, 4) is 0 Å². The summed E-state index contributed by atoms with van der Waals surface area (Å²) in [4.78, 5) is 1.29. The van der Waals surface area contributed by atoms with E-state index < -0.39 is 0 Å². The number of benzene rings is 2. The maximum atomic E-state index is 3.59. The molecule has 2 aromatic rings. The Kier molecular flexibility index (Phi) is 5.34. The number of hydrogen-bond acceptors (Lipinski definition) is 2. The zero-order valence-corrected chi connectivity index (χ0v) is 13.6. The van der Waals surface area contributed by atoms with E-state index in [0.29, 0.717) is 6.04 Å². The maximum absolute atomic E-state index is 3.59. The molecule has 1 nitrogen and oxygen atoms in total. The number of rotatable bonds is 5. The van der Waals surface area contributed by atoms with Crippen molar-refractivity contribution in [3.63, 3.8) is 0 Å². The normalized spacial score (nSPS) is 12.2. The molecule has 0 heterocycles. The zero-order chi connectivity index (χ0) is 13.7. The standard InChI is InChI=1S/C16H18BrNS/c1-3-16(12-4-6-13(17)7-5-12)18-14-8-10-15(19-2)11-9-14/h4-11,16,18H,3H2,1-2H3. The molecule has 0 saturated heterocycles. The number of halogens is 1. The summed E-state index contributed by atoms with van der Waals surface area (Å²) in [5.41, 5.74) is 2.49. The van der Waals surface area contributed by atoms with E-state index in [9.17, 15) is 0 Å². The molecule has 100 valence electrons. The van der Waals surface area contributed by atoms with Crippen molar-refractivity contribution in [1.29, 1.82) is 0 Å². The van der Waals surface area contributed by atoms with E-state index in [4.69, 9.17) is 0 Å². The summed E-state index contributed by atoms with van der Waals surface area (Å²) in [6.07, 6.45) is 3.16. The van der Waals surface area contributed by atoms with Gasteiger partial charge in [-0.1, -0.05) is 35.0 Å². The topological polar surface area (TPSA) is 12.0 Å². The molecule has 0 aromatic heterocycles. The molecule has 0 aliphatic rings. The average molecular weight is 336 g/mol. The van der Waals surface area contributed by atoms with Gasteiger partial charge in [0.15, 0.2) is 0 Å². The van der Waals surface area contributed by atoms with Crippen molar-refractivity contribution in [1.82, 2.24) is 0 Å². The molecule has 0 fully saturated rings. The fourth-order valence-corrected chi connectivity index (χ4v) is 2.68. The summed E-state index contributed by atoms with van der Waals surface area (Å²) in [5, 5.41) is 3.59. The van der Waals surface area contributed by atoms with Gasteiger partial charge < -0.3 is 5.32 Å². The van der Waals surface area contributed by atoms with Crippen LogP contribution in [0.4, 0.5) is 5.69 Å². The van der Waals surface area contributed by atoms with Crippen molar-refractivity contribution in [2.24, 2.45) is 0 Å². The highest BCUT2D eigenvalue weighted by atomic mass is 79.9. The van der Waals surface area contributed by atoms with Gasteiger partial charge in [-0.2, -0.15) is 0 Å². The van der Waals surface area contributed by atoms with E-state index in [0.717, 1.165) is 10.9 Å². The number of thioether (sulfide) groups is 1. The summed E-state index contributed by atoms with van der Waals surface area (Å²) >= 11 is 5.24. The van der Waals surface area contributed by atoms with Gasteiger partial charge >= 0.3 is 0 Å². The molecule has 0 amide bonds. The second-order valence-corrected chi connectivity index (χ2v) is 6.18. The van der Waals surface area contributed by atoms with Gasteiger partial charge in [-0.25, -0.2) is 0 Å². The monoisotopic (exact) mass is 335 g/mol. The van der Waals surface area contributed by atoms with Crippen LogP contribution in [-0.2, 0) is 0 Å². The maximum Gasteiger partial charge on any atom is 0.0511 e. The second-order valence-electron chi connectivity index (χ2n) is 4.39. The van der Waals surface area contributed by atoms with Crippen LogP contribution in [0.3, 0.4) is 0 Å². The van der Waals surface area contributed by atoms with Gasteiger partial charge in [0.05, 0.1) is 6.04 Å². The van der Waals surface area contributed by atoms with E-state index in [1.807, 2.05) is 0 Å². The number of hydrogen-bond donors (Lipinski definition) is 1. The van der Waals surface area contributed by atoms with Crippen molar-refractivity contribution in [3.05, 3.63) is 58.6 Å². The quantitative estimate of drug-likeness (QED) is 0.699. The minimum absolute atomic E-state index is 0.355. The lowest BCUT2D eigenvalue weighted by Gasteiger charge is -2.19. The van der Waals surface area contributed by atoms with Crippen LogP contribution in [-0.4, -0.2) is 6.26 Å². The molecular formula is C16H18BrNS. The van der Waals surface area contributed by atoms with Crippen LogP contribution in [0.2, 0.25) is 0 Å². The Bertz CT molecular complexity index is 507. The third kappa shape index (κ3) is 4.02. The van der Waals surface area contributed by atoms with Gasteiger partial charge in [-0.3, -0.25) is 0 Å². The van der Waals surface area contributed by atoms with Crippen molar-refractivity contribution >= 4 is 33.4 Å². The molecule has 19 heavy (non-hydrogen) atoms. The van der Waals surface area contributed by atoms with Gasteiger partial charge in [-0.05, 0) is 54.6 Å². The molecule has 0 aliphatic heterocycles. The van der Waals surface area contributed by atoms with E-state index in [1.54, 1.807) is 11.8 Å². The molecule has 1 atom stereocenters. The lowest BCUT2D eigenvalue weighted by Crippen LogP contribution is -2.09. The minimum Gasteiger partial charge on any atom is -0.378 e. The molecule has 1 N–H and O–H groups in total. The SMILES string of the molecule is CCC(Nc1ccc(SC)cc1)c1ccc(Br)cc1. The first-order valence-corrected chi connectivity index (χ1v) is 8.40. The Morgan fingerprint density at radius 2 is 1.68 bits per heavy atom. The third-order valence-electron chi connectivity index (χ3n) is 3.11. The van der Waals surface area contributed by atoms with E-state index in [1.165, 1.54) is 16.1 Å². The van der Waals surface area contributed by atoms with E-state index >= 15 is 0 Å². The Morgan fingerprint density at radius 3 is 2.21 bits per heavy atom. The number of nitrogens with one attached hydrogen (secondary N) is 1. The molecule has 2 aromatic carbocycles. The Labute approximate surface area is 127 Å². The van der Waals surface area contributed by atoms with Crippen molar-refractivity contribution in [2.45, 2.75) is 24.3 Å². The fraction of sp³-hybridized carbons (Fsp3) is 0.250. The molecule has 0 saturated carbocycles. The Morgan fingerprint density at radius 1 is 1.05 bits per heavy atom. The van der Waals surface area contributed by atoms with Crippen LogP contribution in [0, 0.1) is 0 Å². The molecule has 0 aliphatic carbocycles. The van der Waals surface area contributed by atoms with Crippen LogP contribution in [0.25, 0.3) is 0 Å². The predicted molar refractivity (Wildman–Crippen MR) is 89.0 cm³/mol. The highest BCUT2D eigenvalue weighted by Gasteiger charge is 2.08. The van der Waals surface area contributed by atoms with Crippen LogP contribution in [0.15, 0.2) is 57.9 Å². The van der Waals surface area contributed by atoms with Gasteiger partial charge in [0.25, 0.3) is 0 Å². The van der Waals surface area contributed by atoms with E-state index in [2.05, 4.69) is 83.0 Å². The van der Waals surface area contributed by atoms with Gasteiger partial charge in [0, 0.05) is 15.1 Å².